The number of urea groups is 1. The molecule has 0 aliphatic carbocycles. The van der Waals surface area contributed by atoms with Crippen molar-refractivity contribution < 1.29 is 22.7 Å². The van der Waals surface area contributed by atoms with Gasteiger partial charge in [0.2, 0.25) is 0 Å². The second-order valence-electron chi connectivity index (χ2n) is 10.1. The minimum Gasteiger partial charge on any atom is -0.493 e. The number of nitrogens with two attached hydrogens (primary N) is 1. The Kier molecular flexibility index (Phi) is 20.6. The molecule has 3 aliphatic rings. The molecule has 0 aromatic heterocycles. The highest BCUT2D eigenvalue weighted by atomic mass is 19.4. The van der Waals surface area contributed by atoms with Gasteiger partial charge in [-0.15, -0.1) is 0 Å². The van der Waals surface area contributed by atoms with Gasteiger partial charge in [-0.3, -0.25) is 5.41 Å². The first-order chi connectivity index (χ1) is 20.9. The predicted octanol–water partition coefficient (Wildman–Crippen LogP) is 7.86. The van der Waals surface area contributed by atoms with Gasteiger partial charge in [0.15, 0.2) is 0 Å². The van der Waals surface area contributed by atoms with E-state index >= 15 is 0 Å². The summed E-state index contributed by atoms with van der Waals surface area (Å²) in [5.41, 5.74) is 10.1. The molecule has 44 heavy (non-hydrogen) atoms. The summed E-state index contributed by atoms with van der Waals surface area (Å²) in [5.74, 6) is 0.904. The van der Waals surface area contributed by atoms with Crippen LogP contribution in [0.25, 0.3) is 0 Å². The Labute approximate surface area is 263 Å². The number of alkyl halides is 3. The van der Waals surface area contributed by atoms with Crippen LogP contribution < -0.4 is 15.8 Å². The Morgan fingerprint density at radius 1 is 1.11 bits per heavy atom. The van der Waals surface area contributed by atoms with Crippen molar-refractivity contribution in [3.63, 3.8) is 0 Å². The van der Waals surface area contributed by atoms with E-state index in [1.165, 1.54) is 0 Å². The Morgan fingerprint density at radius 3 is 2.30 bits per heavy atom. The lowest BCUT2D eigenvalue weighted by atomic mass is 9.95. The van der Waals surface area contributed by atoms with Gasteiger partial charge in [-0.25, -0.2) is 4.79 Å². The number of hydrogen-bond acceptors (Lipinski definition) is 5. The van der Waals surface area contributed by atoms with Gasteiger partial charge in [-0.05, 0) is 70.1 Å². The number of piperidine rings is 1. The van der Waals surface area contributed by atoms with Crippen molar-refractivity contribution in [1.29, 1.82) is 5.41 Å². The summed E-state index contributed by atoms with van der Waals surface area (Å²) in [6.45, 7) is 16.0. The minimum atomic E-state index is -4.00. The van der Waals surface area contributed by atoms with Crippen LogP contribution in [0.1, 0.15) is 85.3 Å². The van der Waals surface area contributed by atoms with E-state index in [1.807, 2.05) is 65.0 Å². The number of carbonyl (C=O) groups is 1. The van der Waals surface area contributed by atoms with Crippen molar-refractivity contribution in [2.24, 2.45) is 5.73 Å². The smallest absolute Gasteiger partial charge is 0.386 e. The fraction of sp³-hybridized carbons (Fsp3) is 0.588. The summed E-state index contributed by atoms with van der Waals surface area (Å²) < 4.78 is 36.6. The van der Waals surface area contributed by atoms with E-state index in [0.717, 1.165) is 61.2 Å². The summed E-state index contributed by atoms with van der Waals surface area (Å²) in [7, 11) is 2.11. The summed E-state index contributed by atoms with van der Waals surface area (Å²) in [6.07, 6.45) is 8.80. The molecule has 0 saturated carbocycles. The van der Waals surface area contributed by atoms with E-state index in [1.54, 1.807) is 4.90 Å². The van der Waals surface area contributed by atoms with Crippen LogP contribution >= 0.6 is 0 Å². The molecule has 7 nitrogen and oxygen atoms in total. The molecule has 3 aliphatic heterocycles. The normalized spacial score (nSPS) is 16.7. The molecular weight excluding hydrogens is 567 g/mol. The van der Waals surface area contributed by atoms with Crippen LogP contribution in [0.2, 0.25) is 0 Å². The highest BCUT2D eigenvalue weighted by Gasteiger charge is 2.27. The zero-order chi connectivity index (χ0) is 33.7. The number of nitrogens with one attached hydrogen (secondary N) is 2. The van der Waals surface area contributed by atoms with Gasteiger partial charge in [-0.1, -0.05) is 58.9 Å². The van der Waals surface area contributed by atoms with E-state index in [4.69, 9.17) is 15.9 Å². The lowest BCUT2D eigenvalue weighted by molar-refractivity contribution is -0.110. The number of carbonyl (C=O) groups excluding carboxylic acids is 1. The maximum Gasteiger partial charge on any atom is 0.386 e. The van der Waals surface area contributed by atoms with Gasteiger partial charge in [0, 0.05) is 49.2 Å². The highest BCUT2D eigenvalue weighted by molar-refractivity contribution is 6.11. The number of likely N-dealkylation sites (tertiary alicyclic amines) is 1. The molecule has 0 spiro atoms. The topological polar surface area (TPSA) is 94.7 Å². The standard InChI is InChI=1S/C21H29N5O2.C7H12.C2H3F3.2C2H6/c1-25-8-4-16(5-9-25)24-21(27)26-10-6-18(22)17(13-26)20(23)15-2-3-19-14(12-15)7-11-28-19;1-3-5-7-6-4-2;1-2(3,4)5;2*1-2/h2-3,12,16,23H,4-11,13,22H2,1H3,(H,24,27);3,5-7H,4H2,1-2H3;1H3;2*1-2H3/b;5-3-,7-6-;;;. The van der Waals surface area contributed by atoms with Crippen molar-refractivity contribution in [2.75, 3.05) is 39.8 Å². The fourth-order valence-corrected chi connectivity index (χ4v) is 4.45. The average molecular weight is 624 g/mol. The number of fused-ring (bicyclic) bond motifs is 1. The molecule has 250 valence electrons. The van der Waals surface area contributed by atoms with Crippen molar-refractivity contribution in [3.8, 4) is 5.75 Å². The Hall–Kier alpha value is -3.27. The third kappa shape index (κ3) is 16.0. The Bertz CT molecular complexity index is 1070. The largest absolute Gasteiger partial charge is 0.493 e. The second-order valence-corrected chi connectivity index (χ2v) is 10.1. The Morgan fingerprint density at radius 2 is 1.73 bits per heavy atom. The summed E-state index contributed by atoms with van der Waals surface area (Å²) in [6, 6.07) is 6.03. The molecule has 1 aromatic rings. The molecule has 1 aromatic carbocycles. The van der Waals surface area contributed by atoms with E-state index in [9.17, 15) is 18.0 Å². The van der Waals surface area contributed by atoms with E-state index in [-0.39, 0.29) is 19.0 Å². The number of hydrogen-bond donors (Lipinski definition) is 3. The molecular formula is C34H56F3N5O2. The van der Waals surface area contributed by atoms with Gasteiger partial charge in [-0.2, -0.15) is 13.2 Å². The van der Waals surface area contributed by atoms with Crippen LogP contribution in [-0.4, -0.2) is 73.6 Å². The number of allylic oxidation sites excluding steroid dienone is 4. The summed E-state index contributed by atoms with van der Waals surface area (Å²) >= 11 is 0. The molecule has 4 N–H and O–H groups in total. The van der Waals surface area contributed by atoms with E-state index in [2.05, 4.69) is 36.3 Å². The average Bonchev–Trinajstić information content (AvgIpc) is 3.48. The number of ether oxygens (including phenoxy) is 1. The van der Waals surface area contributed by atoms with Gasteiger partial charge in [0.1, 0.15) is 5.75 Å². The van der Waals surface area contributed by atoms with Crippen LogP contribution in [0.3, 0.4) is 0 Å². The van der Waals surface area contributed by atoms with Crippen molar-refractivity contribution in [2.45, 2.75) is 92.8 Å². The van der Waals surface area contributed by atoms with Crippen molar-refractivity contribution in [1.82, 2.24) is 15.1 Å². The molecule has 0 unspecified atom stereocenters. The van der Waals surface area contributed by atoms with Gasteiger partial charge >= 0.3 is 12.2 Å². The summed E-state index contributed by atoms with van der Waals surface area (Å²) in [4.78, 5) is 16.8. The zero-order valence-corrected chi connectivity index (χ0v) is 28.1. The van der Waals surface area contributed by atoms with Crippen LogP contribution in [-0.2, 0) is 6.42 Å². The maximum absolute atomic E-state index is 12.8. The van der Waals surface area contributed by atoms with Gasteiger partial charge in [0.25, 0.3) is 0 Å². The SMILES string of the molecule is C/C=C\C=C/CC.CC.CC.CC(F)(F)F.CN1CCC(NC(=O)N2CCC(N)=C(C(=N)c3ccc4c(c3)CCO4)C2)CC1. The monoisotopic (exact) mass is 623 g/mol. The van der Waals surface area contributed by atoms with Crippen LogP contribution in [0, 0.1) is 5.41 Å². The number of amides is 2. The summed E-state index contributed by atoms with van der Waals surface area (Å²) in [5, 5.41) is 11.8. The highest BCUT2D eigenvalue weighted by Crippen LogP contribution is 2.28. The molecule has 4 rings (SSSR count). The van der Waals surface area contributed by atoms with Crippen molar-refractivity contribution >= 4 is 11.7 Å². The van der Waals surface area contributed by atoms with Gasteiger partial charge < -0.3 is 25.6 Å². The maximum atomic E-state index is 12.8. The third-order valence-corrected chi connectivity index (χ3v) is 6.68. The quantitative estimate of drug-likeness (QED) is 0.230. The minimum absolute atomic E-state index is 0.0466. The van der Waals surface area contributed by atoms with Crippen LogP contribution in [0.15, 0.2) is 53.8 Å². The lowest BCUT2D eigenvalue weighted by Gasteiger charge is -2.34. The Balaban J connectivity index is 0.000000967. The molecule has 3 heterocycles. The van der Waals surface area contributed by atoms with E-state index in [0.29, 0.717) is 37.5 Å². The second kappa shape index (κ2) is 22.3. The molecule has 0 bridgehead atoms. The van der Waals surface area contributed by atoms with Crippen LogP contribution in [0.4, 0.5) is 18.0 Å². The molecule has 1 saturated heterocycles. The van der Waals surface area contributed by atoms with Gasteiger partial charge in [0.05, 0.1) is 18.9 Å². The van der Waals surface area contributed by atoms with E-state index < -0.39 is 6.18 Å². The molecule has 2 amide bonds. The first-order valence-corrected chi connectivity index (χ1v) is 15.8. The number of nitrogens with zero attached hydrogens (tertiary/aromatic N) is 2. The first-order valence-electron chi connectivity index (χ1n) is 15.8. The third-order valence-electron chi connectivity index (χ3n) is 6.68. The lowest BCUT2D eigenvalue weighted by Crippen LogP contribution is -2.50. The number of benzene rings is 1. The first kappa shape index (κ1) is 40.7. The van der Waals surface area contributed by atoms with Crippen LogP contribution in [0.5, 0.6) is 5.75 Å². The molecule has 1 fully saturated rings. The molecule has 0 radical (unpaired) electrons. The molecule has 0 atom stereocenters. The number of rotatable bonds is 5. The molecule has 10 heteroatoms. The zero-order valence-electron chi connectivity index (χ0n) is 28.1. The number of halogens is 3. The predicted molar refractivity (Wildman–Crippen MR) is 178 cm³/mol. The fourth-order valence-electron chi connectivity index (χ4n) is 4.45. The van der Waals surface area contributed by atoms with Crippen molar-refractivity contribution in [3.05, 3.63) is 64.9 Å².